The second-order valence-corrected chi connectivity index (χ2v) is 5.50. The van der Waals surface area contributed by atoms with E-state index in [0.29, 0.717) is 16.7 Å². The van der Waals surface area contributed by atoms with E-state index >= 15 is 0 Å². The Kier molecular flexibility index (Phi) is 1.48. The maximum absolute atomic E-state index is 11.7. The van der Waals surface area contributed by atoms with Crippen LogP contribution < -0.4 is 10.6 Å². The summed E-state index contributed by atoms with van der Waals surface area (Å²) >= 11 is 5.88. The molecule has 0 radical (unpaired) electrons. The van der Waals surface area contributed by atoms with Gasteiger partial charge in [0.05, 0.1) is 0 Å². The van der Waals surface area contributed by atoms with E-state index in [1.807, 2.05) is 6.07 Å². The van der Waals surface area contributed by atoms with Crippen LogP contribution in [0, 0.1) is 0 Å². The Bertz CT molecular complexity index is 535. The fourth-order valence-corrected chi connectivity index (χ4v) is 3.53. The van der Waals surface area contributed by atoms with Gasteiger partial charge in [-0.15, -0.1) is 0 Å². The summed E-state index contributed by atoms with van der Waals surface area (Å²) < 4.78 is 1.77. The molecule has 1 aromatic heterocycles. The lowest BCUT2D eigenvalue weighted by Crippen LogP contribution is -2.34. The molecule has 0 unspecified atom stereocenters. The number of nitrogens with zero attached hydrogens (tertiary/aromatic N) is 3. The van der Waals surface area contributed by atoms with Crippen molar-refractivity contribution in [2.45, 2.75) is 43.8 Å². The summed E-state index contributed by atoms with van der Waals surface area (Å²) in [5.41, 5.74) is 0.160. The van der Waals surface area contributed by atoms with Crippen LogP contribution in [0.15, 0.2) is 10.9 Å². The summed E-state index contributed by atoms with van der Waals surface area (Å²) in [4.78, 5) is 18.0. The molecule has 1 aromatic rings. The Morgan fingerprint density at radius 1 is 1.44 bits per heavy atom. The van der Waals surface area contributed by atoms with Gasteiger partial charge < -0.3 is 4.90 Å². The smallest absolute Gasteiger partial charge is 0.347 e. The molecule has 3 heterocycles. The zero-order valence-electron chi connectivity index (χ0n) is 8.82. The van der Waals surface area contributed by atoms with Gasteiger partial charge in [0.15, 0.2) is 0 Å². The lowest BCUT2D eigenvalue weighted by atomic mass is 10.2. The van der Waals surface area contributed by atoms with Gasteiger partial charge in [-0.25, -0.2) is 4.79 Å². The van der Waals surface area contributed by atoms with Gasteiger partial charge in [0.1, 0.15) is 11.0 Å². The molecule has 0 aromatic carbocycles. The van der Waals surface area contributed by atoms with Crippen molar-refractivity contribution in [3.8, 4) is 0 Å². The van der Waals surface area contributed by atoms with Crippen molar-refractivity contribution in [2.24, 2.45) is 0 Å². The van der Waals surface area contributed by atoms with Crippen molar-refractivity contribution in [1.29, 1.82) is 0 Å². The normalized spacial score (nSPS) is 28.3. The maximum atomic E-state index is 11.7. The van der Waals surface area contributed by atoms with Gasteiger partial charge in [-0.3, -0.25) is 4.57 Å². The van der Waals surface area contributed by atoms with Crippen molar-refractivity contribution in [3.63, 3.8) is 0 Å². The largest absolute Gasteiger partial charge is 0.350 e. The summed E-state index contributed by atoms with van der Waals surface area (Å²) in [6.45, 7) is 0.792. The number of halogens is 1. The van der Waals surface area contributed by atoms with E-state index in [1.165, 1.54) is 25.7 Å². The summed E-state index contributed by atoms with van der Waals surface area (Å²) in [5, 5.41) is 0.319. The van der Waals surface area contributed by atoms with Gasteiger partial charge in [-0.2, -0.15) is 4.98 Å². The average Bonchev–Trinajstić information content (AvgIpc) is 2.77. The second-order valence-electron chi connectivity index (χ2n) is 5.12. The van der Waals surface area contributed by atoms with Gasteiger partial charge in [0.25, 0.3) is 0 Å². The van der Waals surface area contributed by atoms with E-state index in [9.17, 15) is 4.79 Å². The first-order valence-corrected chi connectivity index (χ1v) is 6.14. The predicted octanol–water partition coefficient (Wildman–Crippen LogP) is 1.41. The molecule has 16 heavy (non-hydrogen) atoms. The molecule has 1 saturated carbocycles. The number of fused-ring (bicyclic) bond motifs is 4. The van der Waals surface area contributed by atoms with E-state index in [1.54, 1.807) is 4.57 Å². The molecule has 0 amide bonds. The number of anilines is 1. The third-order valence-electron chi connectivity index (χ3n) is 4.24. The zero-order chi connectivity index (χ0) is 10.9. The lowest BCUT2D eigenvalue weighted by Gasteiger charge is -2.25. The van der Waals surface area contributed by atoms with Crippen LogP contribution in [0.2, 0.25) is 5.15 Å². The van der Waals surface area contributed by atoms with Crippen LogP contribution >= 0.6 is 11.6 Å². The molecule has 0 bridgehead atoms. The lowest BCUT2D eigenvalue weighted by molar-refractivity contribution is 0.603. The molecule has 3 aliphatic rings. The molecule has 1 aliphatic carbocycles. The van der Waals surface area contributed by atoms with Crippen molar-refractivity contribution in [3.05, 3.63) is 21.7 Å². The average molecular weight is 238 g/mol. The molecular weight excluding hydrogens is 226 g/mol. The first-order valence-electron chi connectivity index (χ1n) is 5.76. The third-order valence-corrected chi connectivity index (χ3v) is 4.44. The van der Waals surface area contributed by atoms with Gasteiger partial charge in [-0.05, 0) is 25.7 Å². The van der Waals surface area contributed by atoms with E-state index in [0.717, 1.165) is 12.4 Å². The molecule has 0 N–H and O–H groups in total. The van der Waals surface area contributed by atoms with Gasteiger partial charge in [-0.1, -0.05) is 11.6 Å². The summed E-state index contributed by atoms with van der Waals surface area (Å²) in [7, 11) is 0. The van der Waals surface area contributed by atoms with Crippen LogP contribution in [0.5, 0.6) is 0 Å². The predicted molar refractivity (Wildman–Crippen MR) is 61.0 cm³/mol. The van der Waals surface area contributed by atoms with Crippen LogP contribution in [0.4, 0.5) is 5.82 Å². The Labute approximate surface area is 97.8 Å². The molecule has 4 nitrogen and oxygen atoms in total. The molecule has 1 spiro atoms. The third kappa shape index (κ3) is 0.961. The van der Waals surface area contributed by atoms with Crippen LogP contribution in [0.1, 0.15) is 25.7 Å². The first kappa shape index (κ1) is 9.05. The van der Waals surface area contributed by atoms with Crippen molar-refractivity contribution in [1.82, 2.24) is 9.55 Å². The molecule has 2 fully saturated rings. The standard InChI is InChI=1S/C11H12ClN3O/c12-8-5-9-14(10(16)13-8)6-7-1-2-11(3-4-11)15(7)9/h5,7H,1-4,6H2/t7-/m1/s1. The van der Waals surface area contributed by atoms with Crippen molar-refractivity contribution < 1.29 is 0 Å². The summed E-state index contributed by atoms with van der Waals surface area (Å²) in [6, 6.07) is 2.34. The Balaban J connectivity index is 1.93. The second kappa shape index (κ2) is 2.62. The number of rotatable bonds is 0. The minimum atomic E-state index is -0.201. The van der Waals surface area contributed by atoms with Gasteiger partial charge in [0.2, 0.25) is 0 Å². The minimum Gasteiger partial charge on any atom is -0.347 e. The Hall–Kier alpha value is -1.03. The van der Waals surface area contributed by atoms with Gasteiger partial charge in [0, 0.05) is 24.2 Å². The number of hydrogen-bond donors (Lipinski definition) is 0. The quantitative estimate of drug-likeness (QED) is 0.641. The van der Waals surface area contributed by atoms with Crippen molar-refractivity contribution >= 4 is 17.4 Å². The van der Waals surface area contributed by atoms with Crippen LogP contribution in [-0.2, 0) is 6.54 Å². The zero-order valence-corrected chi connectivity index (χ0v) is 9.57. The van der Waals surface area contributed by atoms with E-state index in [4.69, 9.17) is 11.6 Å². The molecule has 2 aliphatic heterocycles. The Morgan fingerprint density at radius 2 is 2.25 bits per heavy atom. The van der Waals surface area contributed by atoms with E-state index in [2.05, 4.69) is 9.88 Å². The number of hydrogen-bond acceptors (Lipinski definition) is 3. The first-order chi connectivity index (χ1) is 7.70. The molecule has 1 atom stereocenters. The van der Waals surface area contributed by atoms with Crippen molar-refractivity contribution in [2.75, 3.05) is 4.90 Å². The SMILES string of the molecule is O=c1nc(Cl)cc2n1C[C@H]1CCC3(CC3)N21. The molecule has 1 saturated heterocycles. The monoisotopic (exact) mass is 237 g/mol. The molecular formula is C11H12ClN3O. The fourth-order valence-electron chi connectivity index (χ4n) is 3.36. The number of aromatic nitrogens is 2. The van der Waals surface area contributed by atoms with Crippen LogP contribution in [-0.4, -0.2) is 21.1 Å². The molecule has 84 valence electrons. The highest BCUT2D eigenvalue weighted by atomic mass is 35.5. The molecule has 4 rings (SSSR count). The van der Waals surface area contributed by atoms with E-state index in [-0.39, 0.29) is 5.69 Å². The molecule has 5 heteroatoms. The Morgan fingerprint density at radius 3 is 3.00 bits per heavy atom. The van der Waals surface area contributed by atoms with E-state index < -0.39 is 0 Å². The van der Waals surface area contributed by atoms with Crippen LogP contribution in [0.25, 0.3) is 0 Å². The summed E-state index contributed by atoms with van der Waals surface area (Å²) in [5.74, 6) is 0.991. The maximum Gasteiger partial charge on any atom is 0.350 e. The summed E-state index contributed by atoms with van der Waals surface area (Å²) in [6.07, 6.45) is 4.99. The fraction of sp³-hybridized carbons (Fsp3) is 0.636. The van der Waals surface area contributed by atoms with Gasteiger partial charge >= 0.3 is 5.69 Å². The van der Waals surface area contributed by atoms with Crippen LogP contribution in [0.3, 0.4) is 0 Å². The minimum absolute atomic E-state index is 0.201. The topological polar surface area (TPSA) is 38.1 Å². The highest BCUT2D eigenvalue weighted by molar-refractivity contribution is 6.29. The highest BCUT2D eigenvalue weighted by Crippen LogP contribution is 2.55. The highest BCUT2D eigenvalue weighted by Gasteiger charge is 2.57.